The summed E-state index contributed by atoms with van der Waals surface area (Å²) in [4.78, 5) is 14.9. The Hall–Kier alpha value is -2.07. The van der Waals surface area contributed by atoms with Crippen molar-refractivity contribution in [3.05, 3.63) is 47.4 Å². The Morgan fingerprint density at radius 1 is 1.20 bits per heavy atom. The highest BCUT2D eigenvalue weighted by Gasteiger charge is 2.10. The van der Waals surface area contributed by atoms with Gasteiger partial charge >= 0.3 is 5.97 Å². The van der Waals surface area contributed by atoms with Crippen molar-refractivity contribution in [2.75, 3.05) is 19.0 Å². The van der Waals surface area contributed by atoms with Crippen LogP contribution < -0.4 is 4.90 Å². The number of allylic oxidation sites excluding steroid dienone is 1. The lowest BCUT2D eigenvalue weighted by Crippen LogP contribution is -2.09. The van der Waals surface area contributed by atoms with Gasteiger partial charge in [0.25, 0.3) is 0 Å². The zero-order chi connectivity index (χ0) is 14.7. The van der Waals surface area contributed by atoms with Gasteiger partial charge in [-0.3, -0.25) is 0 Å². The Morgan fingerprint density at radius 3 is 2.55 bits per heavy atom. The first-order valence-corrected chi connectivity index (χ1v) is 7.09. The van der Waals surface area contributed by atoms with Crippen LogP contribution in [-0.4, -0.2) is 25.2 Å². The molecule has 4 heteroatoms. The van der Waals surface area contributed by atoms with E-state index in [4.69, 9.17) is 5.11 Å². The number of benzene rings is 1. The van der Waals surface area contributed by atoms with Gasteiger partial charge in [0.15, 0.2) is 0 Å². The predicted molar refractivity (Wildman–Crippen MR) is 85.4 cm³/mol. The smallest absolute Gasteiger partial charge is 0.328 e. The van der Waals surface area contributed by atoms with Gasteiger partial charge in [0.2, 0.25) is 0 Å². The summed E-state index contributed by atoms with van der Waals surface area (Å²) in [5, 5.41) is 8.81. The third kappa shape index (κ3) is 3.08. The van der Waals surface area contributed by atoms with E-state index in [1.165, 1.54) is 6.08 Å². The normalized spacial score (nSPS) is 11.4. The molecule has 0 saturated heterocycles. The molecule has 2 rings (SSSR count). The van der Waals surface area contributed by atoms with E-state index in [2.05, 4.69) is 17.0 Å². The molecule has 0 amide bonds. The van der Waals surface area contributed by atoms with Gasteiger partial charge in [0.1, 0.15) is 0 Å². The van der Waals surface area contributed by atoms with E-state index < -0.39 is 5.97 Å². The van der Waals surface area contributed by atoms with E-state index in [-0.39, 0.29) is 0 Å². The number of thiophene rings is 1. The van der Waals surface area contributed by atoms with Gasteiger partial charge in [-0.15, -0.1) is 11.3 Å². The fourth-order valence-electron chi connectivity index (χ4n) is 2.02. The van der Waals surface area contributed by atoms with Crippen molar-refractivity contribution in [2.24, 2.45) is 0 Å². The zero-order valence-electron chi connectivity index (χ0n) is 11.8. The van der Waals surface area contributed by atoms with Gasteiger partial charge in [-0.25, -0.2) is 4.79 Å². The maximum atomic E-state index is 10.7. The third-order valence-electron chi connectivity index (χ3n) is 2.99. The van der Waals surface area contributed by atoms with Crippen LogP contribution in [0.15, 0.2) is 42.5 Å². The molecular weight excluding hydrogens is 270 g/mol. The Morgan fingerprint density at radius 2 is 1.90 bits per heavy atom. The van der Waals surface area contributed by atoms with E-state index in [0.717, 1.165) is 26.6 Å². The van der Waals surface area contributed by atoms with Crippen LogP contribution in [0, 0.1) is 0 Å². The van der Waals surface area contributed by atoms with Gasteiger partial charge in [-0.2, -0.15) is 0 Å². The number of nitrogens with zero attached hydrogens (tertiary/aromatic N) is 1. The topological polar surface area (TPSA) is 40.5 Å². The minimum atomic E-state index is -0.911. The molecular formula is C16H17NO2S. The molecule has 1 aromatic carbocycles. The Balaban J connectivity index is 2.42. The average molecular weight is 287 g/mol. The lowest BCUT2D eigenvalue weighted by atomic mass is 10.1. The predicted octanol–water partition coefficient (Wildman–Crippen LogP) is 3.97. The lowest BCUT2D eigenvalue weighted by Gasteiger charge is -2.16. The fourth-order valence-corrected chi connectivity index (χ4v) is 3.03. The summed E-state index contributed by atoms with van der Waals surface area (Å²) in [7, 11) is 4.03. The maximum Gasteiger partial charge on any atom is 0.328 e. The van der Waals surface area contributed by atoms with Crippen LogP contribution in [0.3, 0.4) is 0 Å². The van der Waals surface area contributed by atoms with Crippen LogP contribution in [0.25, 0.3) is 16.0 Å². The lowest BCUT2D eigenvalue weighted by molar-refractivity contribution is -0.131. The molecule has 1 N–H and O–H groups in total. The van der Waals surface area contributed by atoms with Crippen LogP contribution in [0.4, 0.5) is 5.69 Å². The third-order valence-corrected chi connectivity index (χ3v) is 4.24. The molecule has 1 aromatic heterocycles. The van der Waals surface area contributed by atoms with Crippen molar-refractivity contribution < 1.29 is 9.90 Å². The maximum absolute atomic E-state index is 10.7. The number of hydrogen-bond acceptors (Lipinski definition) is 3. The van der Waals surface area contributed by atoms with E-state index in [1.807, 2.05) is 45.3 Å². The molecule has 1 heterocycles. The second kappa shape index (κ2) is 5.92. The minimum Gasteiger partial charge on any atom is -0.478 e. The van der Waals surface area contributed by atoms with E-state index in [1.54, 1.807) is 11.3 Å². The average Bonchev–Trinajstić information content (AvgIpc) is 2.87. The molecule has 104 valence electrons. The van der Waals surface area contributed by atoms with Crippen molar-refractivity contribution in [3.63, 3.8) is 0 Å². The second-order valence-electron chi connectivity index (χ2n) is 4.74. The van der Waals surface area contributed by atoms with Crippen LogP contribution in [0.2, 0.25) is 0 Å². The molecule has 0 aliphatic rings. The Kier molecular flexibility index (Phi) is 4.25. The first kappa shape index (κ1) is 14.3. The Labute approximate surface area is 122 Å². The summed E-state index contributed by atoms with van der Waals surface area (Å²) in [5.74, 6) is -0.911. The standard InChI is InChI=1S/C16H17NO2S/c1-11(10-16(18)19)14-8-9-15(20-14)12-6-4-5-7-13(12)17(2)3/h4-10H,1-3H3,(H,18,19)/b11-10+. The minimum absolute atomic E-state index is 0.774. The number of anilines is 1. The highest BCUT2D eigenvalue weighted by molar-refractivity contribution is 7.16. The SMILES string of the molecule is C/C(=C\C(=O)O)c1ccc(-c2ccccc2N(C)C)s1. The largest absolute Gasteiger partial charge is 0.478 e. The van der Waals surface area contributed by atoms with Crippen molar-refractivity contribution in [1.29, 1.82) is 0 Å². The summed E-state index contributed by atoms with van der Waals surface area (Å²) in [6.45, 7) is 1.82. The summed E-state index contributed by atoms with van der Waals surface area (Å²) in [6, 6.07) is 12.2. The van der Waals surface area contributed by atoms with Crippen LogP contribution in [-0.2, 0) is 4.79 Å². The molecule has 0 saturated carbocycles. The molecule has 0 fully saturated rings. The molecule has 0 unspecified atom stereocenters. The summed E-state index contributed by atoms with van der Waals surface area (Å²) < 4.78 is 0. The van der Waals surface area contributed by atoms with Gasteiger partial charge in [-0.05, 0) is 30.7 Å². The molecule has 20 heavy (non-hydrogen) atoms. The van der Waals surface area contributed by atoms with E-state index >= 15 is 0 Å². The molecule has 0 bridgehead atoms. The molecule has 0 radical (unpaired) electrons. The molecule has 0 spiro atoms. The fraction of sp³-hybridized carbons (Fsp3) is 0.188. The molecule has 3 nitrogen and oxygen atoms in total. The first-order valence-electron chi connectivity index (χ1n) is 6.27. The number of carboxylic acid groups (broad SMARTS) is 1. The highest BCUT2D eigenvalue weighted by Crippen LogP contribution is 2.36. The van der Waals surface area contributed by atoms with Crippen molar-refractivity contribution in [2.45, 2.75) is 6.92 Å². The number of aliphatic carboxylic acids is 1. The van der Waals surface area contributed by atoms with Gasteiger partial charge in [-0.1, -0.05) is 18.2 Å². The number of para-hydroxylation sites is 1. The Bertz CT molecular complexity index is 656. The molecule has 0 aliphatic carbocycles. The van der Waals surface area contributed by atoms with Gasteiger partial charge < -0.3 is 10.0 Å². The van der Waals surface area contributed by atoms with E-state index in [0.29, 0.717) is 0 Å². The first-order chi connectivity index (χ1) is 9.49. The van der Waals surface area contributed by atoms with Crippen molar-refractivity contribution >= 4 is 28.6 Å². The number of carboxylic acids is 1. The van der Waals surface area contributed by atoms with Crippen LogP contribution >= 0.6 is 11.3 Å². The number of carbonyl (C=O) groups is 1. The summed E-state index contributed by atoms with van der Waals surface area (Å²) >= 11 is 1.61. The molecule has 0 atom stereocenters. The van der Waals surface area contributed by atoms with Gasteiger partial charge in [0, 0.05) is 41.2 Å². The van der Waals surface area contributed by atoms with Crippen molar-refractivity contribution in [1.82, 2.24) is 0 Å². The second-order valence-corrected chi connectivity index (χ2v) is 5.82. The monoisotopic (exact) mass is 287 g/mol. The zero-order valence-corrected chi connectivity index (χ0v) is 12.6. The highest BCUT2D eigenvalue weighted by atomic mass is 32.1. The quantitative estimate of drug-likeness (QED) is 0.865. The molecule has 0 aliphatic heterocycles. The van der Waals surface area contributed by atoms with Gasteiger partial charge in [0.05, 0.1) is 0 Å². The molecule has 2 aromatic rings. The van der Waals surface area contributed by atoms with Crippen molar-refractivity contribution in [3.8, 4) is 10.4 Å². The van der Waals surface area contributed by atoms with Crippen LogP contribution in [0.5, 0.6) is 0 Å². The number of hydrogen-bond donors (Lipinski definition) is 1. The van der Waals surface area contributed by atoms with E-state index in [9.17, 15) is 4.79 Å². The summed E-state index contributed by atoms with van der Waals surface area (Å²) in [5.41, 5.74) is 3.09. The summed E-state index contributed by atoms with van der Waals surface area (Å²) in [6.07, 6.45) is 1.24. The van der Waals surface area contributed by atoms with Crippen LogP contribution in [0.1, 0.15) is 11.8 Å². The number of rotatable bonds is 4.